The van der Waals surface area contributed by atoms with Crippen LogP contribution in [0, 0.1) is 6.92 Å². The van der Waals surface area contributed by atoms with E-state index in [0.29, 0.717) is 12.1 Å². The van der Waals surface area contributed by atoms with E-state index in [2.05, 4.69) is 15.5 Å². The van der Waals surface area contributed by atoms with E-state index in [1.54, 1.807) is 12.3 Å². The van der Waals surface area contributed by atoms with E-state index in [1.165, 1.54) is 5.56 Å². The standard InChI is InChI=1S/C16H15N3O/c1-11-5-7-12(8-6-11)9-17-16(20)14-4-2-3-13-10-18-19-15(13)14/h2-8,10H,9H2,1H3,(H,17,20)(H,18,19). The molecule has 0 radical (unpaired) electrons. The summed E-state index contributed by atoms with van der Waals surface area (Å²) in [4.78, 5) is 12.2. The van der Waals surface area contributed by atoms with Gasteiger partial charge in [-0.15, -0.1) is 0 Å². The Hall–Kier alpha value is -2.62. The lowest BCUT2D eigenvalue weighted by molar-refractivity contribution is 0.0952. The van der Waals surface area contributed by atoms with Crippen molar-refractivity contribution in [3.05, 3.63) is 65.4 Å². The lowest BCUT2D eigenvalue weighted by Crippen LogP contribution is -2.23. The second kappa shape index (κ2) is 5.17. The van der Waals surface area contributed by atoms with Crippen LogP contribution in [0.25, 0.3) is 10.9 Å². The Morgan fingerprint density at radius 1 is 1.20 bits per heavy atom. The van der Waals surface area contributed by atoms with Crippen LogP contribution in [0.3, 0.4) is 0 Å². The lowest BCUT2D eigenvalue weighted by atomic mass is 10.1. The number of fused-ring (bicyclic) bond motifs is 1. The van der Waals surface area contributed by atoms with E-state index in [0.717, 1.165) is 16.5 Å². The van der Waals surface area contributed by atoms with Crippen LogP contribution < -0.4 is 5.32 Å². The molecule has 3 aromatic rings. The predicted molar refractivity (Wildman–Crippen MR) is 78.4 cm³/mol. The third-order valence-corrected chi connectivity index (χ3v) is 3.29. The maximum Gasteiger partial charge on any atom is 0.253 e. The van der Waals surface area contributed by atoms with E-state index in [1.807, 2.05) is 43.3 Å². The molecule has 2 N–H and O–H groups in total. The Kier molecular flexibility index (Phi) is 3.21. The lowest BCUT2D eigenvalue weighted by Gasteiger charge is -2.06. The van der Waals surface area contributed by atoms with Crippen LogP contribution in [0.5, 0.6) is 0 Å². The van der Waals surface area contributed by atoms with Gasteiger partial charge in [0.05, 0.1) is 17.3 Å². The van der Waals surface area contributed by atoms with Gasteiger partial charge in [0.25, 0.3) is 5.91 Å². The molecule has 0 atom stereocenters. The van der Waals surface area contributed by atoms with Gasteiger partial charge in [-0.05, 0) is 18.6 Å². The zero-order chi connectivity index (χ0) is 13.9. The van der Waals surface area contributed by atoms with Gasteiger partial charge in [0.15, 0.2) is 0 Å². The van der Waals surface area contributed by atoms with Crippen LogP contribution in [0.2, 0.25) is 0 Å². The monoisotopic (exact) mass is 265 g/mol. The molecule has 20 heavy (non-hydrogen) atoms. The van der Waals surface area contributed by atoms with Crippen molar-refractivity contribution in [2.24, 2.45) is 0 Å². The number of nitrogens with zero attached hydrogens (tertiary/aromatic N) is 1. The van der Waals surface area contributed by atoms with Gasteiger partial charge in [-0.1, -0.05) is 42.0 Å². The zero-order valence-electron chi connectivity index (χ0n) is 11.2. The first kappa shape index (κ1) is 12.4. The summed E-state index contributed by atoms with van der Waals surface area (Å²) >= 11 is 0. The van der Waals surface area contributed by atoms with Crippen LogP contribution in [-0.4, -0.2) is 16.1 Å². The summed E-state index contributed by atoms with van der Waals surface area (Å²) in [6.07, 6.45) is 1.71. The summed E-state index contributed by atoms with van der Waals surface area (Å²) in [5.74, 6) is -0.0968. The van der Waals surface area contributed by atoms with Crippen LogP contribution >= 0.6 is 0 Å². The number of aromatic amines is 1. The van der Waals surface area contributed by atoms with Crippen LogP contribution in [0.4, 0.5) is 0 Å². The summed E-state index contributed by atoms with van der Waals surface area (Å²) in [6.45, 7) is 2.56. The van der Waals surface area contributed by atoms with E-state index in [-0.39, 0.29) is 5.91 Å². The van der Waals surface area contributed by atoms with Gasteiger partial charge >= 0.3 is 0 Å². The number of aromatic nitrogens is 2. The van der Waals surface area contributed by atoms with Crippen LogP contribution in [0.1, 0.15) is 21.5 Å². The minimum Gasteiger partial charge on any atom is -0.348 e. The largest absolute Gasteiger partial charge is 0.348 e. The van der Waals surface area contributed by atoms with Crippen molar-refractivity contribution in [1.29, 1.82) is 0 Å². The highest BCUT2D eigenvalue weighted by atomic mass is 16.1. The molecule has 0 unspecified atom stereocenters. The highest BCUT2D eigenvalue weighted by Gasteiger charge is 2.10. The number of benzene rings is 2. The number of hydrogen-bond acceptors (Lipinski definition) is 2. The molecular weight excluding hydrogens is 250 g/mol. The van der Waals surface area contributed by atoms with Crippen molar-refractivity contribution in [2.75, 3.05) is 0 Å². The number of aryl methyl sites for hydroxylation is 1. The molecule has 1 amide bonds. The smallest absolute Gasteiger partial charge is 0.253 e. The minimum atomic E-state index is -0.0968. The van der Waals surface area contributed by atoms with Gasteiger partial charge in [0.2, 0.25) is 0 Å². The van der Waals surface area contributed by atoms with Crippen molar-refractivity contribution < 1.29 is 4.79 Å². The first-order valence-electron chi connectivity index (χ1n) is 6.50. The molecule has 4 nitrogen and oxygen atoms in total. The maximum absolute atomic E-state index is 12.2. The van der Waals surface area contributed by atoms with Crippen molar-refractivity contribution in [2.45, 2.75) is 13.5 Å². The SMILES string of the molecule is Cc1ccc(CNC(=O)c2cccc3cn[nH]c23)cc1. The first-order valence-corrected chi connectivity index (χ1v) is 6.50. The fourth-order valence-corrected chi connectivity index (χ4v) is 2.14. The quantitative estimate of drug-likeness (QED) is 0.765. The van der Waals surface area contributed by atoms with Crippen molar-refractivity contribution in [1.82, 2.24) is 15.5 Å². The fraction of sp³-hybridized carbons (Fsp3) is 0.125. The van der Waals surface area contributed by atoms with Gasteiger partial charge in [0, 0.05) is 11.9 Å². The molecule has 3 rings (SSSR count). The van der Waals surface area contributed by atoms with Gasteiger partial charge < -0.3 is 5.32 Å². The normalized spacial score (nSPS) is 10.7. The van der Waals surface area contributed by atoms with Gasteiger partial charge in [-0.2, -0.15) is 5.10 Å². The minimum absolute atomic E-state index is 0.0968. The van der Waals surface area contributed by atoms with E-state index < -0.39 is 0 Å². The molecule has 0 spiro atoms. The van der Waals surface area contributed by atoms with Gasteiger partial charge in [-0.25, -0.2) is 0 Å². The Bertz CT molecular complexity index is 744. The Morgan fingerprint density at radius 2 is 2.00 bits per heavy atom. The Balaban J connectivity index is 1.76. The number of amides is 1. The van der Waals surface area contributed by atoms with E-state index in [4.69, 9.17) is 0 Å². The number of para-hydroxylation sites is 1. The third-order valence-electron chi connectivity index (χ3n) is 3.29. The Morgan fingerprint density at radius 3 is 2.80 bits per heavy atom. The molecule has 0 saturated heterocycles. The number of H-pyrrole nitrogens is 1. The summed E-state index contributed by atoms with van der Waals surface area (Å²) in [6, 6.07) is 13.7. The number of hydrogen-bond donors (Lipinski definition) is 2. The van der Waals surface area contributed by atoms with Crippen molar-refractivity contribution >= 4 is 16.8 Å². The maximum atomic E-state index is 12.2. The molecule has 0 aliphatic heterocycles. The van der Waals surface area contributed by atoms with Crippen LogP contribution in [0.15, 0.2) is 48.7 Å². The Labute approximate surface area is 116 Å². The second-order valence-corrected chi connectivity index (χ2v) is 4.81. The average molecular weight is 265 g/mol. The highest BCUT2D eigenvalue weighted by Crippen LogP contribution is 2.15. The summed E-state index contributed by atoms with van der Waals surface area (Å²) < 4.78 is 0. The number of carbonyl (C=O) groups excluding carboxylic acids is 1. The summed E-state index contributed by atoms with van der Waals surface area (Å²) in [7, 11) is 0. The molecule has 0 saturated carbocycles. The summed E-state index contributed by atoms with van der Waals surface area (Å²) in [5, 5.41) is 10.7. The highest BCUT2D eigenvalue weighted by molar-refractivity contribution is 6.05. The molecule has 100 valence electrons. The molecule has 2 aromatic carbocycles. The van der Waals surface area contributed by atoms with Gasteiger partial charge in [-0.3, -0.25) is 9.89 Å². The molecule has 1 aromatic heterocycles. The summed E-state index contributed by atoms with van der Waals surface area (Å²) in [5.41, 5.74) is 3.68. The second-order valence-electron chi connectivity index (χ2n) is 4.81. The average Bonchev–Trinajstić information content (AvgIpc) is 2.94. The van der Waals surface area contributed by atoms with E-state index in [9.17, 15) is 4.79 Å². The number of nitrogens with one attached hydrogen (secondary N) is 2. The molecule has 0 aliphatic rings. The van der Waals surface area contributed by atoms with E-state index >= 15 is 0 Å². The fourth-order valence-electron chi connectivity index (χ4n) is 2.14. The third kappa shape index (κ3) is 2.40. The van der Waals surface area contributed by atoms with Crippen molar-refractivity contribution in [3.8, 4) is 0 Å². The zero-order valence-corrected chi connectivity index (χ0v) is 11.2. The molecule has 0 aliphatic carbocycles. The molecular formula is C16H15N3O. The molecule has 4 heteroatoms. The van der Waals surface area contributed by atoms with Crippen LogP contribution in [-0.2, 0) is 6.54 Å². The predicted octanol–water partition coefficient (Wildman–Crippen LogP) is 2.80. The topological polar surface area (TPSA) is 57.8 Å². The number of rotatable bonds is 3. The van der Waals surface area contributed by atoms with Gasteiger partial charge in [0.1, 0.15) is 0 Å². The molecule has 0 bridgehead atoms. The molecule has 0 fully saturated rings. The number of carbonyl (C=O) groups is 1. The van der Waals surface area contributed by atoms with Crippen molar-refractivity contribution in [3.63, 3.8) is 0 Å². The first-order chi connectivity index (χ1) is 9.74. The molecule has 1 heterocycles.